The van der Waals surface area contributed by atoms with Crippen LogP contribution in [0.5, 0.6) is 0 Å². The van der Waals surface area contributed by atoms with Gasteiger partial charge in [-0.2, -0.15) is 18.4 Å². The smallest absolute Gasteiger partial charge is 0.437 e. The normalized spacial score (nSPS) is 11.1. The van der Waals surface area contributed by atoms with Crippen molar-refractivity contribution in [2.45, 2.75) is 6.18 Å². The van der Waals surface area contributed by atoms with E-state index in [-0.39, 0.29) is 11.3 Å². The summed E-state index contributed by atoms with van der Waals surface area (Å²) in [6, 6.07) is 7.14. The number of halogens is 3. The van der Waals surface area contributed by atoms with Crippen LogP contribution >= 0.6 is 0 Å². The van der Waals surface area contributed by atoms with Crippen molar-refractivity contribution in [3.8, 4) is 11.8 Å². The Kier molecular flexibility index (Phi) is 3.15. The molecule has 6 nitrogen and oxygen atoms in total. The number of hydrogen-bond donors (Lipinski definition) is 1. The third-order valence-electron chi connectivity index (χ3n) is 2.36. The van der Waals surface area contributed by atoms with Crippen LogP contribution in [0.25, 0.3) is 5.69 Å². The molecular formula is C11H5F3N4O2. The predicted octanol–water partition coefficient (Wildman–Crippen LogP) is 1.86. The molecule has 0 saturated carbocycles. The van der Waals surface area contributed by atoms with Gasteiger partial charge in [-0.1, -0.05) is 11.3 Å². The minimum absolute atomic E-state index is 0.00412. The lowest BCUT2D eigenvalue weighted by molar-refractivity contribution is -0.141. The van der Waals surface area contributed by atoms with Crippen LogP contribution in [-0.2, 0) is 6.18 Å². The molecule has 1 aromatic heterocycles. The van der Waals surface area contributed by atoms with E-state index in [2.05, 4.69) is 10.3 Å². The molecule has 20 heavy (non-hydrogen) atoms. The van der Waals surface area contributed by atoms with Crippen molar-refractivity contribution < 1.29 is 23.1 Å². The van der Waals surface area contributed by atoms with Crippen molar-refractivity contribution >= 4 is 5.97 Å². The molecule has 0 aliphatic carbocycles. The second kappa shape index (κ2) is 4.65. The van der Waals surface area contributed by atoms with E-state index in [1.165, 1.54) is 24.3 Å². The van der Waals surface area contributed by atoms with Crippen molar-refractivity contribution in [2.75, 3.05) is 0 Å². The average Bonchev–Trinajstić information content (AvgIpc) is 2.83. The monoisotopic (exact) mass is 282 g/mol. The first-order valence-corrected chi connectivity index (χ1v) is 5.11. The molecule has 0 unspecified atom stereocenters. The van der Waals surface area contributed by atoms with Gasteiger partial charge in [-0.15, -0.1) is 5.10 Å². The summed E-state index contributed by atoms with van der Waals surface area (Å²) in [5.74, 6) is -1.82. The fourth-order valence-corrected chi connectivity index (χ4v) is 1.55. The average molecular weight is 282 g/mol. The number of aromatic carboxylic acids is 1. The summed E-state index contributed by atoms with van der Waals surface area (Å²) in [6.45, 7) is 0. The van der Waals surface area contributed by atoms with Crippen LogP contribution in [0.2, 0.25) is 0 Å². The zero-order chi connectivity index (χ0) is 14.9. The Labute approximate surface area is 109 Å². The summed E-state index contributed by atoms with van der Waals surface area (Å²) in [5.41, 5.74) is -2.53. The van der Waals surface area contributed by atoms with Gasteiger partial charge in [0, 0.05) is 0 Å². The zero-order valence-electron chi connectivity index (χ0n) is 9.59. The first kappa shape index (κ1) is 13.5. The van der Waals surface area contributed by atoms with Crippen molar-refractivity contribution in [2.24, 2.45) is 0 Å². The van der Waals surface area contributed by atoms with Gasteiger partial charge >= 0.3 is 12.1 Å². The summed E-state index contributed by atoms with van der Waals surface area (Å²) in [5, 5.41) is 23.7. The molecule has 0 atom stereocenters. The Hall–Kier alpha value is -2.89. The van der Waals surface area contributed by atoms with Gasteiger partial charge in [0.15, 0.2) is 5.69 Å². The van der Waals surface area contributed by atoms with Crippen LogP contribution in [0.1, 0.15) is 21.7 Å². The van der Waals surface area contributed by atoms with Gasteiger partial charge in [0.2, 0.25) is 5.69 Å². The van der Waals surface area contributed by atoms with E-state index in [9.17, 15) is 18.0 Å². The number of nitriles is 1. The van der Waals surface area contributed by atoms with Crippen LogP contribution in [-0.4, -0.2) is 26.1 Å². The van der Waals surface area contributed by atoms with Gasteiger partial charge in [0.25, 0.3) is 0 Å². The lowest BCUT2D eigenvalue weighted by atomic mass is 10.2. The highest BCUT2D eigenvalue weighted by molar-refractivity contribution is 5.87. The molecule has 0 saturated heterocycles. The van der Waals surface area contributed by atoms with Crippen LogP contribution in [0.15, 0.2) is 24.3 Å². The molecule has 9 heteroatoms. The van der Waals surface area contributed by atoms with Crippen LogP contribution < -0.4 is 0 Å². The number of carboxylic acid groups (broad SMARTS) is 1. The van der Waals surface area contributed by atoms with Crippen molar-refractivity contribution in [3.05, 3.63) is 41.2 Å². The standard InChI is InChI=1S/C11H5F3N4O2/c12-11(13,14)9-8(10(19)20)18(17-16-9)7-3-1-2-6(4-7)5-15/h1-4H,(H,19,20). The fraction of sp³-hybridized carbons (Fsp3) is 0.0909. The van der Waals surface area contributed by atoms with E-state index in [0.717, 1.165) is 0 Å². The first-order chi connectivity index (χ1) is 9.34. The molecule has 1 heterocycles. The summed E-state index contributed by atoms with van der Waals surface area (Å²) >= 11 is 0. The molecular weight excluding hydrogens is 277 g/mol. The van der Waals surface area contributed by atoms with E-state index >= 15 is 0 Å². The lowest BCUT2D eigenvalue weighted by Crippen LogP contribution is -2.15. The molecule has 0 bridgehead atoms. The number of carbonyl (C=O) groups is 1. The minimum Gasteiger partial charge on any atom is -0.476 e. The van der Waals surface area contributed by atoms with E-state index in [1.807, 2.05) is 0 Å². The van der Waals surface area contributed by atoms with Gasteiger partial charge in [-0.3, -0.25) is 0 Å². The SMILES string of the molecule is N#Cc1cccc(-n2nnc(C(F)(F)F)c2C(=O)O)c1. The van der Waals surface area contributed by atoms with Gasteiger partial charge in [0.1, 0.15) is 0 Å². The molecule has 0 fully saturated rings. The highest BCUT2D eigenvalue weighted by Gasteiger charge is 2.41. The van der Waals surface area contributed by atoms with E-state index in [1.54, 1.807) is 6.07 Å². The van der Waals surface area contributed by atoms with E-state index < -0.39 is 23.5 Å². The molecule has 1 aromatic carbocycles. The van der Waals surface area contributed by atoms with Crippen molar-refractivity contribution in [3.63, 3.8) is 0 Å². The second-order valence-electron chi connectivity index (χ2n) is 3.66. The largest absolute Gasteiger partial charge is 0.476 e. The molecule has 1 N–H and O–H groups in total. The van der Waals surface area contributed by atoms with Gasteiger partial charge in [-0.25, -0.2) is 9.48 Å². The van der Waals surface area contributed by atoms with Crippen LogP contribution in [0, 0.1) is 11.3 Å². The third kappa shape index (κ3) is 2.31. The number of rotatable bonds is 2. The Morgan fingerprint density at radius 2 is 2.10 bits per heavy atom. The maximum atomic E-state index is 12.7. The summed E-state index contributed by atoms with van der Waals surface area (Å²) in [7, 11) is 0. The maximum absolute atomic E-state index is 12.7. The predicted molar refractivity (Wildman–Crippen MR) is 58.0 cm³/mol. The molecule has 0 aliphatic heterocycles. The summed E-state index contributed by atoms with van der Waals surface area (Å²) < 4.78 is 38.5. The number of hydrogen-bond acceptors (Lipinski definition) is 4. The first-order valence-electron chi connectivity index (χ1n) is 5.11. The molecule has 0 aliphatic rings. The molecule has 0 amide bonds. The topological polar surface area (TPSA) is 91.8 Å². The third-order valence-corrected chi connectivity index (χ3v) is 2.36. The lowest BCUT2D eigenvalue weighted by Gasteiger charge is -2.06. The molecule has 2 rings (SSSR count). The van der Waals surface area contributed by atoms with Crippen LogP contribution in [0.4, 0.5) is 13.2 Å². The Morgan fingerprint density at radius 3 is 2.65 bits per heavy atom. The number of benzene rings is 1. The zero-order valence-corrected chi connectivity index (χ0v) is 9.59. The number of nitrogens with zero attached hydrogens (tertiary/aromatic N) is 4. The highest BCUT2D eigenvalue weighted by Crippen LogP contribution is 2.31. The van der Waals surface area contributed by atoms with Gasteiger partial charge in [-0.05, 0) is 18.2 Å². The fourth-order valence-electron chi connectivity index (χ4n) is 1.55. The molecule has 2 aromatic rings. The summed E-state index contributed by atoms with van der Waals surface area (Å²) in [4.78, 5) is 11.0. The van der Waals surface area contributed by atoms with Crippen LogP contribution in [0.3, 0.4) is 0 Å². The summed E-state index contributed by atoms with van der Waals surface area (Å²) in [6.07, 6.45) is -4.93. The van der Waals surface area contributed by atoms with Crippen molar-refractivity contribution in [1.82, 2.24) is 15.0 Å². The van der Waals surface area contributed by atoms with E-state index in [4.69, 9.17) is 10.4 Å². The Balaban J connectivity index is 2.67. The number of aromatic nitrogens is 3. The number of carboxylic acids is 1. The quantitative estimate of drug-likeness (QED) is 0.907. The highest BCUT2D eigenvalue weighted by atomic mass is 19.4. The Morgan fingerprint density at radius 1 is 1.40 bits per heavy atom. The maximum Gasteiger partial charge on any atom is 0.437 e. The second-order valence-corrected chi connectivity index (χ2v) is 3.66. The number of alkyl halides is 3. The minimum atomic E-state index is -4.93. The van der Waals surface area contributed by atoms with Crippen molar-refractivity contribution in [1.29, 1.82) is 5.26 Å². The molecule has 0 radical (unpaired) electrons. The molecule has 102 valence electrons. The Bertz CT molecular complexity index is 715. The van der Waals surface area contributed by atoms with Gasteiger partial charge < -0.3 is 5.11 Å². The van der Waals surface area contributed by atoms with E-state index in [0.29, 0.717) is 4.68 Å². The molecule has 0 spiro atoms. The van der Waals surface area contributed by atoms with Gasteiger partial charge in [0.05, 0.1) is 17.3 Å².